The van der Waals surface area contributed by atoms with Crippen molar-refractivity contribution in [3.8, 4) is 28.4 Å². The van der Waals surface area contributed by atoms with Crippen LogP contribution in [0.15, 0.2) is 48.5 Å². The molecule has 0 aromatic heterocycles. The Bertz CT molecular complexity index is 888. The molecule has 0 heterocycles. The van der Waals surface area contributed by atoms with E-state index in [1.807, 2.05) is 18.2 Å². The molecule has 0 aliphatic heterocycles. The van der Waals surface area contributed by atoms with Gasteiger partial charge in [-0.25, -0.2) is 0 Å². The van der Waals surface area contributed by atoms with Crippen molar-refractivity contribution in [3.05, 3.63) is 52.1 Å². The lowest BCUT2D eigenvalue weighted by atomic mass is 9.97. The third kappa shape index (κ3) is 3.90. The minimum Gasteiger partial charge on any atom is -0.497 e. The Kier molecular flexibility index (Phi) is 6.25. The molecule has 3 rings (SSSR count). The lowest BCUT2D eigenvalue weighted by molar-refractivity contribution is 0.312. The number of unbranched alkanes of at least 4 members (excludes halogenated alkanes) is 1. The van der Waals surface area contributed by atoms with E-state index in [1.165, 1.54) is 5.56 Å². The van der Waals surface area contributed by atoms with Crippen LogP contribution in [0.4, 0.5) is 0 Å². The molecule has 0 saturated carbocycles. The molecule has 3 aromatic rings. The molecule has 26 heavy (non-hydrogen) atoms. The average Bonchev–Trinajstić information content (AvgIpc) is 2.68. The van der Waals surface area contributed by atoms with E-state index in [-0.39, 0.29) is 0 Å². The zero-order chi connectivity index (χ0) is 18.5. The van der Waals surface area contributed by atoms with Crippen molar-refractivity contribution in [1.29, 1.82) is 0 Å². The second kappa shape index (κ2) is 8.62. The maximum absolute atomic E-state index is 6.09. The minimum absolute atomic E-state index is 0.723. The molecule has 0 amide bonds. The number of ether oxygens (including phenoxy) is 3. The van der Waals surface area contributed by atoms with E-state index in [2.05, 4.69) is 59.8 Å². The molecule has 0 radical (unpaired) electrons. The van der Waals surface area contributed by atoms with Gasteiger partial charge in [0.2, 0.25) is 0 Å². The fourth-order valence-electron chi connectivity index (χ4n) is 2.96. The van der Waals surface area contributed by atoms with Gasteiger partial charge in [0.25, 0.3) is 0 Å². The van der Waals surface area contributed by atoms with E-state index in [4.69, 9.17) is 14.2 Å². The van der Waals surface area contributed by atoms with Gasteiger partial charge >= 0.3 is 0 Å². The largest absolute Gasteiger partial charge is 0.497 e. The molecule has 4 heteroatoms. The van der Waals surface area contributed by atoms with Crippen molar-refractivity contribution < 1.29 is 14.2 Å². The minimum atomic E-state index is 0.723. The molecule has 0 aliphatic carbocycles. The van der Waals surface area contributed by atoms with E-state index >= 15 is 0 Å². The summed E-state index contributed by atoms with van der Waals surface area (Å²) in [5, 5.41) is 2.24. The Hall–Kier alpha value is -1.95. The van der Waals surface area contributed by atoms with Crippen LogP contribution in [0, 0.1) is 3.57 Å². The van der Waals surface area contributed by atoms with Gasteiger partial charge in [-0.2, -0.15) is 0 Å². The van der Waals surface area contributed by atoms with Crippen molar-refractivity contribution in [2.75, 3.05) is 20.8 Å². The summed E-state index contributed by atoms with van der Waals surface area (Å²) in [6.45, 7) is 2.89. The summed E-state index contributed by atoms with van der Waals surface area (Å²) in [4.78, 5) is 0. The van der Waals surface area contributed by atoms with Crippen LogP contribution < -0.4 is 14.2 Å². The first kappa shape index (κ1) is 18.8. The molecule has 0 atom stereocenters. The van der Waals surface area contributed by atoms with Crippen molar-refractivity contribution in [2.45, 2.75) is 19.8 Å². The summed E-state index contributed by atoms with van der Waals surface area (Å²) in [7, 11) is 3.37. The molecule has 0 saturated heterocycles. The van der Waals surface area contributed by atoms with Gasteiger partial charge in [0, 0.05) is 14.5 Å². The maximum atomic E-state index is 6.09. The molecule has 0 N–H and O–H groups in total. The van der Waals surface area contributed by atoms with Gasteiger partial charge in [0.05, 0.1) is 20.8 Å². The van der Waals surface area contributed by atoms with E-state index in [0.29, 0.717) is 0 Å². The first-order chi connectivity index (χ1) is 12.7. The molecule has 0 fully saturated rings. The molecule has 0 bridgehead atoms. The quantitative estimate of drug-likeness (QED) is 0.304. The Balaban J connectivity index is 2.16. The Morgan fingerprint density at radius 2 is 1.54 bits per heavy atom. The van der Waals surface area contributed by atoms with Gasteiger partial charge in [0.1, 0.15) is 17.2 Å². The summed E-state index contributed by atoms with van der Waals surface area (Å²) in [6, 6.07) is 16.5. The van der Waals surface area contributed by atoms with Crippen LogP contribution >= 0.6 is 22.6 Å². The van der Waals surface area contributed by atoms with Crippen molar-refractivity contribution in [3.63, 3.8) is 0 Å². The Morgan fingerprint density at radius 1 is 0.846 bits per heavy atom. The van der Waals surface area contributed by atoms with Gasteiger partial charge in [-0.05, 0) is 76.4 Å². The molecule has 3 aromatic carbocycles. The van der Waals surface area contributed by atoms with Crippen molar-refractivity contribution >= 4 is 33.4 Å². The summed E-state index contributed by atoms with van der Waals surface area (Å²) < 4.78 is 18.0. The summed E-state index contributed by atoms with van der Waals surface area (Å²) >= 11 is 2.39. The number of benzene rings is 3. The first-order valence-corrected chi connectivity index (χ1v) is 9.83. The highest BCUT2D eigenvalue weighted by molar-refractivity contribution is 14.1. The van der Waals surface area contributed by atoms with Gasteiger partial charge in [-0.3, -0.25) is 0 Å². The molecule has 0 aliphatic rings. The summed E-state index contributed by atoms with van der Waals surface area (Å²) in [5.74, 6) is 2.60. The SMILES string of the molecule is CCCCOc1cc(I)c(-c2ccc(OC)cc2)c2ccc(OC)cc12. The van der Waals surface area contributed by atoms with E-state index in [0.717, 1.165) is 56.6 Å². The van der Waals surface area contributed by atoms with Crippen LogP contribution in [0.25, 0.3) is 21.9 Å². The average molecular weight is 462 g/mol. The molecule has 3 nitrogen and oxygen atoms in total. The zero-order valence-electron chi connectivity index (χ0n) is 15.3. The number of hydrogen-bond donors (Lipinski definition) is 0. The second-order valence-corrected chi connectivity index (χ2v) is 7.24. The summed E-state index contributed by atoms with van der Waals surface area (Å²) in [5.41, 5.74) is 2.36. The molecular formula is C22H23IO3. The van der Waals surface area contributed by atoms with E-state index < -0.39 is 0 Å². The molecule has 0 unspecified atom stereocenters. The fraction of sp³-hybridized carbons (Fsp3) is 0.273. The summed E-state index contributed by atoms with van der Waals surface area (Å²) in [6.07, 6.45) is 2.16. The fourth-order valence-corrected chi connectivity index (χ4v) is 3.85. The number of halogens is 1. The molecule has 136 valence electrons. The van der Waals surface area contributed by atoms with Gasteiger partial charge < -0.3 is 14.2 Å². The molecular weight excluding hydrogens is 439 g/mol. The Labute approximate surface area is 168 Å². The van der Waals surface area contributed by atoms with E-state index in [1.54, 1.807) is 14.2 Å². The van der Waals surface area contributed by atoms with Crippen LogP contribution in [0.1, 0.15) is 19.8 Å². The lowest BCUT2D eigenvalue weighted by Crippen LogP contribution is -1.99. The maximum Gasteiger partial charge on any atom is 0.128 e. The topological polar surface area (TPSA) is 27.7 Å². The predicted molar refractivity (Wildman–Crippen MR) is 116 cm³/mol. The number of fused-ring (bicyclic) bond motifs is 1. The normalized spacial score (nSPS) is 10.8. The van der Waals surface area contributed by atoms with Crippen LogP contribution in [-0.4, -0.2) is 20.8 Å². The zero-order valence-corrected chi connectivity index (χ0v) is 17.5. The standard InChI is InChI=1S/C22H23IO3/c1-4-5-12-26-21-14-20(23)22(15-6-8-16(24-2)9-7-15)18-11-10-17(25-3)13-19(18)21/h6-11,13-14H,4-5,12H2,1-3H3. The second-order valence-electron chi connectivity index (χ2n) is 6.07. The van der Waals surface area contributed by atoms with Crippen LogP contribution in [0.5, 0.6) is 17.2 Å². The smallest absolute Gasteiger partial charge is 0.128 e. The third-order valence-corrected chi connectivity index (χ3v) is 5.24. The number of methoxy groups -OCH3 is 2. The number of hydrogen-bond acceptors (Lipinski definition) is 3. The highest BCUT2D eigenvalue weighted by atomic mass is 127. The van der Waals surface area contributed by atoms with Crippen LogP contribution in [-0.2, 0) is 0 Å². The number of rotatable bonds is 7. The Morgan fingerprint density at radius 3 is 2.19 bits per heavy atom. The highest BCUT2D eigenvalue weighted by Crippen LogP contribution is 2.40. The van der Waals surface area contributed by atoms with Crippen LogP contribution in [0.3, 0.4) is 0 Å². The predicted octanol–water partition coefficient (Wildman–Crippen LogP) is 6.31. The van der Waals surface area contributed by atoms with Gasteiger partial charge in [-0.1, -0.05) is 25.5 Å². The van der Waals surface area contributed by atoms with Crippen molar-refractivity contribution in [1.82, 2.24) is 0 Å². The van der Waals surface area contributed by atoms with Crippen LogP contribution in [0.2, 0.25) is 0 Å². The molecule has 0 spiro atoms. The lowest BCUT2D eigenvalue weighted by Gasteiger charge is -2.16. The van der Waals surface area contributed by atoms with E-state index in [9.17, 15) is 0 Å². The monoisotopic (exact) mass is 462 g/mol. The van der Waals surface area contributed by atoms with Gasteiger partial charge in [-0.15, -0.1) is 0 Å². The van der Waals surface area contributed by atoms with Gasteiger partial charge in [0.15, 0.2) is 0 Å². The van der Waals surface area contributed by atoms with Crippen molar-refractivity contribution in [2.24, 2.45) is 0 Å². The third-order valence-electron chi connectivity index (χ3n) is 4.39. The highest BCUT2D eigenvalue weighted by Gasteiger charge is 2.14. The first-order valence-electron chi connectivity index (χ1n) is 8.75.